The molecule has 0 radical (unpaired) electrons. The predicted molar refractivity (Wildman–Crippen MR) is 89.0 cm³/mol. The zero-order valence-electron chi connectivity index (χ0n) is 12.7. The number of amides is 1. The van der Waals surface area contributed by atoms with Crippen LogP contribution in [0.1, 0.15) is 6.92 Å². The molecule has 0 aliphatic carbocycles. The molecule has 3 aromatic rings. The Morgan fingerprint density at radius 3 is 2.74 bits per heavy atom. The molecule has 0 aliphatic heterocycles. The van der Waals surface area contributed by atoms with Crippen molar-refractivity contribution in [2.24, 2.45) is 0 Å². The summed E-state index contributed by atoms with van der Waals surface area (Å²) in [4.78, 5) is 25.7. The number of halogens is 1. The van der Waals surface area contributed by atoms with Crippen LogP contribution >= 0.6 is 11.8 Å². The number of anilines is 1. The molecule has 1 N–H and O–H groups in total. The topological polar surface area (TPSA) is 61.9 Å². The lowest BCUT2D eigenvalue weighted by Gasteiger charge is -2.20. The molecule has 0 aliphatic rings. The fourth-order valence-corrected chi connectivity index (χ4v) is 3.06. The maximum atomic E-state index is 13.0. The van der Waals surface area contributed by atoms with E-state index in [4.69, 9.17) is 0 Å². The largest absolute Gasteiger partial charge is 0.332 e. The number of nitrogens with one attached hydrogen (secondary N) is 1. The summed E-state index contributed by atoms with van der Waals surface area (Å²) in [7, 11) is 1.67. The molecule has 3 rings (SSSR count). The first-order valence-corrected chi connectivity index (χ1v) is 7.93. The van der Waals surface area contributed by atoms with Crippen LogP contribution in [0.5, 0.6) is 0 Å². The Labute approximate surface area is 136 Å². The summed E-state index contributed by atoms with van der Waals surface area (Å²) < 4.78 is 13.0. The highest BCUT2D eigenvalue weighted by Gasteiger charge is 2.21. The summed E-state index contributed by atoms with van der Waals surface area (Å²) in [5, 5.41) is 0.303. The number of rotatable bonds is 4. The van der Waals surface area contributed by atoms with Gasteiger partial charge in [0.05, 0.1) is 10.8 Å². The van der Waals surface area contributed by atoms with Crippen molar-refractivity contribution >= 4 is 34.5 Å². The number of hydrogen-bond acceptors (Lipinski definition) is 4. The van der Waals surface area contributed by atoms with Crippen molar-refractivity contribution in [2.75, 3.05) is 11.9 Å². The van der Waals surface area contributed by atoms with Crippen LogP contribution in [0.3, 0.4) is 0 Å². The van der Waals surface area contributed by atoms with Crippen molar-refractivity contribution in [1.82, 2.24) is 15.0 Å². The predicted octanol–water partition coefficient (Wildman–Crippen LogP) is 3.24. The van der Waals surface area contributed by atoms with Gasteiger partial charge in [-0.25, -0.2) is 14.4 Å². The van der Waals surface area contributed by atoms with E-state index in [0.717, 1.165) is 5.52 Å². The van der Waals surface area contributed by atoms with E-state index in [1.54, 1.807) is 25.4 Å². The number of carbonyl (C=O) groups is 1. The SMILES string of the molecule is CC(Sc1nc2ncccc2[nH]1)C(=O)N(C)c1ccc(F)cc1. The monoisotopic (exact) mass is 330 g/mol. The first kappa shape index (κ1) is 15.5. The molecule has 2 heterocycles. The van der Waals surface area contributed by atoms with Gasteiger partial charge in [-0.1, -0.05) is 11.8 Å². The molecule has 0 saturated carbocycles. The van der Waals surface area contributed by atoms with Gasteiger partial charge in [0.15, 0.2) is 10.8 Å². The molecule has 1 atom stereocenters. The highest BCUT2D eigenvalue weighted by Crippen LogP contribution is 2.25. The Balaban J connectivity index is 1.72. The molecule has 0 spiro atoms. The van der Waals surface area contributed by atoms with E-state index in [1.807, 2.05) is 19.1 Å². The number of benzene rings is 1. The molecule has 2 aromatic heterocycles. The average Bonchev–Trinajstić information content (AvgIpc) is 2.96. The molecule has 1 amide bonds. The molecule has 23 heavy (non-hydrogen) atoms. The van der Waals surface area contributed by atoms with Gasteiger partial charge in [-0.15, -0.1) is 0 Å². The fourth-order valence-electron chi connectivity index (χ4n) is 2.16. The van der Waals surface area contributed by atoms with Gasteiger partial charge in [0.1, 0.15) is 5.82 Å². The molecule has 7 heteroatoms. The number of nitrogens with zero attached hydrogens (tertiary/aromatic N) is 3. The normalized spacial score (nSPS) is 12.3. The van der Waals surface area contributed by atoms with Gasteiger partial charge in [0, 0.05) is 18.9 Å². The van der Waals surface area contributed by atoms with Gasteiger partial charge in [0.2, 0.25) is 5.91 Å². The van der Waals surface area contributed by atoms with E-state index < -0.39 is 0 Å². The zero-order valence-corrected chi connectivity index (χ0v) is 13.5. The Hall–Kier alpha value is -2.41. The van der Waals surface area contributed by atoms with Crippen molar-refractivity contribution in [1.29, 1.82) is 0 Å². The quantitative estimate of drug-likeness (QED) is 0.746. The van der Waals surface area contributed by atoms with Gasteiger partial charge >= 0.3 is 0 Å². The Morgan fingerprint density at radius 1 is 1.30 bits per heavy atom. The molecule has 0 saturated heterocycles. The molecule has 1 unspecified atom stereocenters. The third-order valence-corrected chi connectivity index (χ3v) is 4.39. The molecule has 0 fully saturated rings. The van der Waals surface area contributed by atoms with Crippen LogP contribution in [-0.4, -0.2) is 33.2 Å². The Kier molecular flexibility index (Phi) is 4.29. The molecule has 0 bridgehead atoms. The minimum atomic E-state index is -0.342. The van der Waals surface area contributed by atoms with E-state index in [2.05, 4.69) is 15.0 Å². The van der Waals surface area contributed by atoms with E-state index in [9.17, 15) is 9.18 Å². The second-order valence-corrected chi connectivity index (χ2v) is 6.38. The van der Waals surface area contributed by atoms with Crippen LogP contribution in [0.2, 0.25) is 0 Å². The minimum absolute atomic E-state index is 0.0879. The van der Waals surface area contributed by atoms with Crippen LogP contribution < -0.4 is 4.90 Å². The van der Waals surface area contributed by atoms with Gasteiger partial charge in [-0.2, -0.15) is 0 Å². The summed E-state index contributed by atoms with van der Waals surface area (Å²) in [5.41, 5.74) is 2.11. The van der Waals surface area contributed by atoms with Crippen LogP contribution in [0, 0.1) is 5.82 Å². The second-order valence-electron chi connectivity index (χ2n) is 5.05. The van der Waals surface area contributed by atoms with Crippen LogP contribution in [0.4, 0.5) is 10.1 Å². The van der Waals surface area contributed by atoms with Gasteiger partial charge < -0.3 is 9.88 Å². The highest BCUT2D eigenvalue weighted by molar-refractivity contribution is 8.00. The van der Waals surface area contributed by atoms with Crippen molar-refractivity contribution in [3.63, 3.8) is 0 Å². The first-order chi connectivity index (χ1) is 11.0. The van der Waals surface area contributed by atoms with E-state index in [-0.39, 0.29) is 17.0 Å². The molecule has 118 valence electrons. The maximum absolute atomic E-state index is 13.0. The third-order valence-electron chi connectivity index (χ3n) is 3.42. The Morgan fingerprint density at radius 2 is 2.04 bits per heavy atom. The first-order valence-electron chi connectivity index (χ1n) is 7.05. The summed E-state index contributed by atoms with van der Waals surface area (Å²) in [5.74, 6) is -0.415. The molecule has 1 aromatic carbocycles. The Bertz CT molecular complexity index is 800. The number of hydrogen-bond donors (Lipinski definition) is 1. The van der Waals surface area contributed by atoms with Crippen LogP contribution in [0.25, 0.3) is 11.2 Å². The van der Waals surface area contributed by atoms with Gasteiger partial charge in [-0.05, 0) is 43.3 Å². The summed E-state index contributed by atoms with van der Waals surface area (Å²) >= 11 is 1.33. The number of H-pyrrole nitrogens is 1. The number of fused-ring (bicyclic) bond motifs is 1. The lowest BCUT2D eigenvalue weighted by molar-refractivity contribution is -0.117. The summed E-state index contributed by atoms with van der Waals surface area (Å²) in [6.07, 6.45) is 1.68. The third kappa shape index (κ3) is 3.34. The van der Waals surface area contributed by atoms with Crippen LogP contribution in [0.15, 0.2) is 47.8 Å². The van der Waals surface area contributed by atoms with E-state index in [1.165, 1.54) is 28.8 Å². The number of aromatic amines is 1. The number of carbonyl (C=O) groups excluding carboxylic acids is 1. The second kappa shape index (κ2) is 6.37. The van der Waals surface area contributed by atoms with Gasteiger partial charge in [-0.3, -0.25) is 4.79 Å². The molecule has 5 nitrogen and oxygen atoms in total. The number of thioether (sulfide) groups is 1. The lowest BCUT2D eigenvalue weighted by atomic mass is 10.2. The standard InChI is InChI=1S/C16H15FN4OS/c1-10(15(22)21(2)12-7-5-11(17)6-8-12)23-16-19-13-4-3-9-18-14(13)20-16/h3-10H,1-2H3,(H,18,19,20). The average molecular weight is 330 g/mol. The summed E-state index contributed by atoms with van der Waals surface area (Å²) in [6.45, 7) is 1.81. The lowest BCUT2D eigenvalue weighted by Crippen LogP contribution is -2.33. The molecular formula is C16H15FN4OS. The van der Waals surface area contributed by atoms with Gasteiger partial charge in [0.25, 0.3) is 0 Å². The summed E-state index contributed by atoms with van der Waals surface area (Å²) in [6, 6.07) is 9.54. The smallest absolute Gasteiger partial charge is 0.240 e. The zero-order chi connectivity index (χ0) is 16.4. The van der Waals surface area contributed by atoms with Crippen molar-refractivity contribution < 1.29 is 9.18 Å². The molecular weight excluding hydrogens is 315 g/mol. The van der Waals surface area contributed by atoms with E-state index >= 15 is 0 Å². The van der Waals surface area contributed by atoms with Crippen molar-refractivity contribution in [3.05, 3.63) is 48.4 Å². The number of imidazole rings is 1. The van der Waals surface area contributed by atoms with E-state index in [0.29, 0.717) is 16.5 Å². The highest BCUT2D eigenvalue weighted by atomic mass is 32.2. The van der Waals surface area contributed by atoms with Crippen molar-refractivity contribution in [2.45, 2.75) is 17.3 Å². The van der Waals surface area contributed by atoms with Crippen molar-refractivity contribution in [3.8, 4) is 0 Å². The number of pyridine rings is 1. The number of aromatic nitrogens is 3. The fraction of sp³-hybridized carbons (Fsp3) is 0.188. The van der Waals surface area contributed by atoms with Crippen LogP contribution in [-0.2, 0) is 4.79 Å². The minimum Gasteiger partial charge on any atom is -0.332 e. The maximum Gasteiger partial charge on any atom is 0.240 e.